The van der Waals surface area contributed by atoms with Gasteiger partial charge in [0, 0.05) is 0 Å². The van der Waals surface area contributed by atoms with Gasteiger partial charge in [0.1, 0.15) is 9.21 Å². The maximum absolute atomic E-state index is 4.74. The lowest BCUT2D eigenvalue weighted by molar-refractivity contribution is -0.0507. The van der Waals surface area contributed by atoms with Crippen molar-refractivity contribution in [1.82, 2.24) is 9.78 Å². The van der Waals surface area contributed by atoms with Crippen molar-refractivity contribution in [3.8, 4) is 0 Å². The molecule has 0 saturated heterocycles. The summed E-state index contributed by atoms with van der Waals surface area (Å²) in [6.45, 7) is 0. The summed E-state index contributed by atoms with van der Waals surface area (Å²) >= 11 is 10.9. The van der Waals surface area contributed by atoms with Crippen LogP contribution < -0.4 is 0 Å². The molecule has 4 aliphatic rings. The molecule has 0 N–H and O–H groups in total. The first kappa shape index (κ1) is 12.4. The number of hydrogen-bond donors (Lipinski definition) is 0. The molecule has 5 heteroatoms. The molecule has 0 atom stereocenters. The number of nitrogens with zero attached hydrogens (tertiary/aromatic N) is 2. The van der Waals surface area contributed by atoms with Crippen molar-refractivity contribution in [1.29, 1.82) is 0 Å². The Morgan fingerprint density at radius 2 is 1.44 bits per heavy atom. The average molecular weight is 439 g/mol. The molecule has 2 nitrogen and oxygen atoms in total. The normalized spacial score (nSPS) is 41.6. The summed E-state index contributed by atoms with van der Waals surface area (Å²) in [5.74, 6) is 2.85. The average Bonchev–Trinajstić information content (AvgIpc) is 2.56. The third-order valence-corrected chi connectivity index (χ3v) is 8.29. The van der Waals surface area contributed by atoms with Crippen molar-refractivity contribution in [2.45, 2.75) is 44.1 Å². The molecule has 4 saturated carbocycles. The van der Waals surface area contributed by atoms with Crippen LogP contribution in [-0.4, -0.2) is 9.78 Å². The van der Waals surface area contributed by atoms with Crippen molar-refractivity contribution in [3.63, 3.8) is 0 Å². The lowest BCUT2D eigenvalue weighted by Crippen LogP contribution is -2.52. The van der Waals surface area contributed by atoms with Gasteiger partial charge in [-0.25, -0.2) is 0 Å². The zero-order valence-electron chi connectivity index (χ0n) is 10.0. The van der Waals surface area contributed by atoms with Crippen LogP contribution >= 0.6 is 47.8 Å². The van der Waals surface area contributed by atoms with Gasteiger partial charge in [0.05, 0.1) is 10.0 Å². The molecule has 18 heavy (non-hydrogen) atoms. The van der Waals surface area contributed by atoms with Crippen LogP contribution in [-0.2, 0) is 5.54 Å². The Labute approximate surface area is 132 Å². The van der Waals surface area contributed by atoms with E-state index in [2.05, 4.69) is 52.5 Å². The van der Waals surface area contributed by atoms with Gasteiger partial charge in [-0.05, 0) is 104 Å². The van der Waals surface area contributed by atoms with Crippen molar-refractivity contribution in [2.75, 3.05) is 0 Å². The topological polar surface area (TPSA) is 17.8 Å². The highest BCUT2D eigenvalue weighted by Crippen LogP contribution is 2.59. The van der Waals surface area contributed by atoms with Crippen LogP contribution in [0.15, 0.2) is 13.7 Å². The van der Waals surface area contributed by atoms with Gasteiger partial charge in [-0.2, -0.15) is 5.10 Å². The molecule has 0 unspecified atom stereocenters. The maximum atomic E-state index is 4.74. The minimum absolute atomic E-state index is 0.294. The van der Waals surface area contributed by atoms with Gasteiger partial charge in [-0.3, -0.25) is 4.68 Å². The van der Waals surface area contributed by atoms with E-state index in [1.54, 1.807) is 0 Å². The van der Waals surface area contributed by atoms with Gasteiger partial charge in [0.25, 0.3) is 0 Å². The Bertz CT molecular complexity index is 473. The first-order valence-electron chi connectivity index (χ1n) is 6.67. The highest BCUT2D eigenvalue weighted by molar-refractivity contribution is 9.14. The van der Waals surface area contributed by atoms with E-state index in [0.29, 0.717) is 5.54 Å². The monoisotopic (exact) mass is 436 g/mol. The molecule has 0 spiro atoms. The first-order valence-corrected chi connectivity index (χ1v) is 9.05. The summed E-state index contributed by atoms with van der Waals surface area (Å²) < 4.78 is 5.35. The summed E-state index contributed by atoms with van der Waals surface area (Å²) in [6.07, 6.45) is 8.41. The van der Waals surface area contributed by atoms with Gasteiger partial charge in [0.2, 0.25) is 0 Å². The second-order valence-corrected chi connectivity index (χ2v) is 8.74. The summed E-state index contributed by atoms with van der Waals surface area (Å²) in [6, 6.07) is 0. The molecule has 1 aromatic heterocycles. The molecule has 98 valence electrons. The smallest absolute Gasteiger partial charge is 0.143 e. The SMILES string of the molecule is Brc1nn(C23CC4CC(CC(C4)C2)C3)c(Br)c1Br. The molecule has 4 bridgehead atoms. The van der Waals surface area contributed by atoms with E-state index >= 15 is 0 Å². The van der Waals surface area contributed by atoms with Gasteiger partial charge in [0.15, 0.2) is 0 Å². The van der Waals surface area contributed by atoms with Gasteiger partial charge in [-0.1, -0.05) is 0 Å². The summed E-state index contributed by atoms with van der Waals surface area (Å²) in [7, 11) is 0. The highest BCUT2D eigenvalue weighted by atomic mass is 79.9. The third-order valence-electron chi connectivity index (χ3n) is 5.19. The van der Waals surface area contributed by atoms with E-state index in [9.17, 15) is 0 Å². The molecule has 5 rings (SSSR count). The molecule has 0 radical (unpaired) electrons. The lowest BCUT2D eigenvalue weighted by atomic mass is 9.53. The Morgan fingerprint density at radius 3 is 1.83 bits per heavy atom. The lowest BCUT2D eigenvalue weighted by Gasteiger charge is -2.56. The molecular formula is C13H15Br3N2. The molecule has 4 aliphatic carbocycles. The highest BCUT2D eigenvalue weighted by Gasteiger charge is 2.53. The van der Waals surface area contributed by atoms with Crippen molar-refractivity contribution in [3.05, 3.63) is 13.7 Å². The fourth-order valence-corrected chi connectivity index (χ4v) is 6.50. The van der Waals surface area contributed by atoms with E-state index < -0.39 is 0 Å². The molecule has 0 aliphatic heterocycles. The van der Waals surface area contributed by atoms with E-state index in [1.165, 1.54) is 38.5 Å². The van der Waals surface area contributed by atoms with E-state index in [1.807, 2.05) is 0 Å². The van der Waals surface area contributed by atoms with E-state index in [0.717, 1.165) is 31.4 Å². The van der Waals surface area contributed by atoms with Gasteiger partial charge >= 0.3 is 0 Å². The molecule has 1 aromatic rings. The van der Waals surface area contributed by atoms with Crippen molar-refractivity contribution in [2.24, 2.45) is 17.8 Å². The van der Waals surface area contributed by atoms with Crippen LogP contribution in [0.25, 0.3) is 0 Å². The van der Waals surface area contributed by atoms with Gasteiger partial charge < -0.3 is 0 Å². The van der Waals surface area contributed by atoms with E-state index in [-0.39, 0.29) is 0 Å². The van der Waals surface area contributed by atoms with Crippen LogP contribution in [0.5, 0.6) is 0 Å². The molecule has 1 heterocycles. The fourth-order valence-electron chi connectivity index (χ4n) is 4.99. The van der Waals surface area contributed by atoms with E-state index in [4.69, 9.17) is 5.10 Å². The molecule has 0 amide bonds. The van der Waals surface area contributed by atoms with Crippen LogP contribution in [0.3, 0.4) is 0 Å². The second-order valence-electron chi connectivity index (χ2n) is 6.45. The summed E-state index contributed by atoms with van der Waals surface area (Å²) in [4.78, 5) is 0. The van der Waals surface area contributed by atoms with Crippen LogP contribution in [0.2, 0.25) is 0 Å². The van der Waals surface area contributed by atoms with Crippen molar-refractivity contribution < 1.29 is 0 Å². The third kappa shape index (κ3) is 1.65. The molecule has 4 fully saturated rings. The number of aromatic nitrogens is 2. The van der Waals surface area contributed by atoms with Crippen molar-refractivity contribution >= 4 is 47.8 Å². The number of rotatable bonds is 1. The fraction of sp³-hybridized carbons (Fsp3) is 0.769. The summed E-state index contributed by atoms with van der Waals surface area (Å²) in [5, 5.41) is 4.74. The Hall–Kier alpha value is 0.650. The van der Waals surface area contributed by atoms with Crippen LogP contribution in [0, 0.1) is 17.8 Å². The van der Waals surface area contributed by atoms with Gasteiger partial charge in [-0.15, -0.1) is 0 Å². The molecule has 0 aromatic carbocycles. The van der Waals surface area contributed by atoms with Crippen LogP contribution in [0.4, 0.5) is 0 Å². The predicted molar refractivity (Wildman–Crippen MR) is 81.5 cm³/mol. The Balaban J connectivity index is 1.81. The molecular weight excluding hydrogens is 424 g/mol. The minimum atomic E-state index is 0.294. The summed E-state index contributed by atoms with van der Waals surface area (Å²) in [5.41, 5.74) is 0.294. The second kappa shape index (κ2) is 4.08. The number of halogens is 3. The number of hydrogen-bond acceptors (Lipinski definition) is 1. The largest absolute Gasteiger partial charge is 0.250 e. The predicted octanol–water partition coefficient (Wildman–Crippen LogP) is 5.10. The zero-order chi connectivity index (χ0) is 12.5. The first-order chi connectivity index (χ1) is 8.57. The minimum Gasteiger partial charge on any atom is -0.250 e. The van der Waals surface area contributed by atoms with Crippen LogP contribution in [0.1, 0.15) is 38.5 Å². The maximum Gasteiger partial charge on any atom is 0.143 e. The Morgan fingerprint density at radius 1 is 0.944 bits per heavy atom. The quantitative estimate of drug-likeness (QED) is 0.596. The Kier molecular flexibility index (Phi) is 2.81. The zero-order valence-corrected chi connectivity index (χ0v) is 14.8. The standard InChI is InChI=1S/C13H15Br3N2/c14-10-11(15)17-18(12(10)16)13-4-7-1-8(5-13)3-9(2-7)6-13/h7-9H,1-6H2.